The molecule has 0 aliphatic rings. The number of rotatable bonds is 5. The van der Waals surface area contributed by atoms with Crippen LogP contribution in [0.2, 0.25) is 0 Å². The van der Waals surface area contributed by atoms with E-state index < -0.39 is 0 Å². The normalized spacial score (nSPS) is 11.0. The summed E-state index contributed by atoms with van der Waals surface area (Å²) in [5.74, 6) is 0.589. The van der Waals surface area contributed by atoms with Crippen LogP contribution in [0.25, 0.3) is 33.4 Å². The van der Waals surface area contributed by atoms with Crippen molar-refractivity contribution < 1.29 is 0 Å². The highest BCUT2D eigenvalue weighted by Gasteiger charge is 2.10. The SMILES string of the molecule is Cc1cc(NCc2ccc(-c3ccccc3-c3nn[nH]n3)cc2)c2ccncc2n1. The summed E-state index contributed by atoms with van der Waals surface area (Å²) < 4.78 is 0. The molecule has 0 atom stereocenters. The summed E-state index contributed by atoms with van der Waals surface area (Å²) in [7, 11) is 0. The van der Waals surface area contributed by atoms with Crippen LogP contribution in [0.3, 0.4) is 0 Å². The largest absolute Gasteiger partial charge is 0.380 e. The molecular weight excluding hydrogens is 374 g/mol. The maximum Gasteiger partial charge on any atom is 0.205 e. The lowest BCUT2D eigenvalue weighted by atomic mass is 9.98. The van der Waals surface area contributed by atoms with Gasteiger partial charge in [-0.15, -0.1) is 10.2 Å². The van der Waals surface area contributed by atoms with Gasteiger partial charge in [0, 0.05) is 35.1 Å². The zero-order valence-corrected chi connectivity index (χ0v) is 16.4. The first-order valence-electron chi connectivity index (χ1n) is 9.65. The Morgan fingerprint density at radius 2 is 1.80 bits per heavy atom. The van der Waals surface area contributed by atoms with Crippen molar-refractivity contribution in [1.29, 1.82) is 0 Å². The highest BCUT2D eigenvalue weighted by molar-refractivity contribution is 5.90. The standard InChI is InChI=1S/C23H19N7/c1-15-12-21(20-10-11-24-14-22(20)26-15)25-13-16-6-8-17(9-7-16)18-4-2-3-5-19(18)23-27-29-30-28-23/h2-12,14H,13H2,1H3,(H,25,26)(H,27,28,29,30). The molecule has 0 radical (unpaired) electrons. The molecule has 7 nitrogen and oxygen atoms in total. The zero-order chi connectivity index (χ0) is 20.3. The second kappa shape index (κ2) is 7.71. The number of anilines is 1. The minimum atomic E-state index is 0.589. The predicted octanol–water partition coefficient (Wildman–Crippen LogP) is 4.40. The maximum absolute atomic E-state index is 4.55. The second-order valence-electron chi connectivity index (χ2n) is 7.04. The minimum absolute atomic E-state index is 0.589. The average molecular weight is 393 g/mol. The third-order valence-corrected chi connectivity index (χ3v) is 5.00. The van der Waals surface area contributed by atoms with Gasteiger partial charge in [0.15, 0.2) is 0 Å². The summed E-state index contributed by atoms with van der Waals surface area (Å²) in [6.45, 7) is 2.71. The van der Waals surface area contributed by atoms with E-state index in [0.29, 0.717) is 12.4 Å². The Labute approximate surface area is 173 Å². The molecule has 0 aliphatic carbocycles. The number of benzene rings is 2. The number of nitrogens with one attached hydrogen (secondary N) is 2. The van der Waals surface area contributed by atoms with Crippen LogP contribution in [0.1, 0.15) is 11.3 Å². The van der Waals surface area contributed by atoms with E-state index in [9.17, 15) is 0 Å². The molecule has 2 aromatic carbocycles. The molecule has 0 amide bonds. The van der Waals surface area contributed by atoms with E-state index in [4.69, 9.17) is 0 Å². The summed E-state index contributed by atoms with van der Waals surface area (Å²) >= 11 is 0. The van der Waals surface area contributed by atoms with Crippen LogP contribution in [0.15, 0.2) is 73.1 Å². The first-order chi connectivity index (χ1) is 14.8. The van der Waals surface area contributed by atoms with Gasteiger partial charge >= 0.3 is 0 Å². The maximum atomic E-state index is 4.55. The number of pyridine rings is 2. The molecular formula is C23H19N7. The van der Waals surface area contributed by atoms with Gasteiger partial charge in [-0.3, -0.25) is 9.97 Å². The molecule has 30 heavy (non-hydrogen) atoms. The van der Waals surface area contributed by atoms with E-state index in [1.54, 1.807) is 12.4 Å². The number of H-pyrrole nitrogens is 1. The molecule has 5 rings (SSSR count). The molecule has 0 aliphatic heterocycles. The van der Waals surface area contributed by atoms with Crippen LogP contribution in [0.5, 0.6) is 0 Å². The molecule has 3 heterocycles. The van der Waals surface area contributed by atoms with Crippen molar-refractivity contribution in [3.05, 3.63) is 84.3 Å². The van der Waals surface area contributed by atoms with Crippen molar-refractivity contribution in [1.82, 2.24) is 30.6 Å². The van der Waals surface area contributed by atoms with Crippen LogP contribution >= 0.6 is 0 Å². The van der Waals surface area contributed by atoms with E-state index in [2.05, 4.69) is 72.3 Å². The van der Waals surface area contributed by atoms with Gasteiger partial charge in [-0.1, -0.05) is 48.5 Å². The summed E-state index contributed by atoms with van der Waals surface area (Å²) in [6, 6.07) is 20.6. The number of nitrogens with zero attached hydrogens (tertiary/aromatic N) is 5. The van der Waals surface area contributed by atoms with Crippen molar-refractivity contribution >= 4 is 16.6 Å². The lowest BCUT2D eigenvalue weighted by Gasteiger charge is -2.12. The van der Waals surface area contributed by atoms with Crippen LogP contribution in [-0.4, -0.2) is 30.6 Å². The van der Waals surface area contributed by atoms with Crippen molar-refractivity contribution in [2.24, 2.45) is 0 Å². The Bertz CT molecular complexity index is 1300. The van der Waals surface area contributed by atoms with E-state index in [0.717, 1.165) is 39.0 Å². The monoisotopic (exact) mass is 393 g/mol. The summed E-state index contributed by atoms with van der Waals surface area (Å²) in [5.41, 5.74) is 7.24. The topological polar surface area (TPSA) is 92.3 Å². The number of hydrogen-bond donors (Lipinski definition) is 2. The molecule has 2 N–H and O–H groups in total. The molecule has 0 unspecified atom stereocenters. The van der Waals surface area contributed by atoms with Gasteiger partial charge in [-0.05, 0) is 41.0 Å². The number of aromatic nitrogens is 6. The van der Waals surface area contributed by atoms with Crippen molar-refractivity contribution in [3.63, 3.8) is 0 Å². The second-order valence-corrected chi connectivity index (χ2v) is 7.04. The molecule has 146 valence electrons. The fourth-order valence-corrected chi connectivity index (χ4v) is 3.56. The van der Waals surface area contributed by atoms with Crippen LogP contribution in [-0.2, 0) is 6.54 Å². The first-order valence-corrected chi connectivity index (χ1v) is 9.65. The van der Waals surface area contributed by atoms with Gasteiger partial charge in [0.2, 0.25) is 5.82 Å². The van der Waals surface area contributed by atoms with Gasteiger partial charge in [-0.25, -0.2) is 0 Å². The molecule has 0 saturated heterocycles. The number of aromatic amines is 1. The smallest absolute Gasteiger partial charge is 0.205 e. The van der Waals surface area contributed by atoms with Crippen molar-refractivity contribution in [3.8, 4) is 22.5 Å². The average Bonchev–Trinajstić information content (AvgIpc) is 3.33. The summed E-state index contributed by atoms with van der Waals surface area (Å²) in [5, 5.41) is 19.0. The molecule has 0 saturated carbocycles. The molecule has 0 bridgehead atoms. The third-order valence-electron chi connectivity index (χ3n) is 5.00. The van der Waals surface area contributed by atoms with Crippen LogP contribution < -0.4 is 5.32 Å². The quantitative estimate of drug-likeness (QED) is 0.460. The van der Waals surface area contributed by atoms with Crippen LogP contribution in [0.4, 0.5) is 5.69 Å². The fourth-order valence-electron chi connectivity index (χ4n) is 3.56. The summed E-state index contributed by atoms with van der Waals surface area (Å²) in [6.07, 6.45) is 3.59. The first kappa shape index (κ1) is 17.9. The minimum Gasteiger partial charge on any atom is -0.380 e. The molecule has 0 spiro atoms. The number of tetrazole rings is 1. The van der Waals surface area contributed by atoms with E-state index in [-0.39, 0.29) is 0 Å². The van der Waals surface area contributed by atoms with Gasteiger partial charge < -0.3 is 5.32 Å². The lowest BCUT2D eigenvalue weighted by molar-refractivity contribution is 0.881. The van der Waals surface area contributed by atoms with E-state index >= 15 is 0 Å². The Kier molecular flexibility index (Phi) is 4.61. The summed E-state index contributed by atoms with van der Waals surface area (Å²) in [4.78, 5) is 8.72. The molecule has 7 heteroatoms. The fraction of sp³-hybridized carbons (Fsp3) is 0.0870. The predicted molar refractivity (Wildman–Crippen MR) is 117 cm³/mol. The zero-order valence-electron chi connectivity index (χ0n) is 16.4. The van der Waals surface area contributed by atoms with E-state index in [1.807, 2.05) is 31.2 Å². The Hall–Kier alpha value is -4.13. The van der Waals surface area contributed by atoms with Gasteiger partial charge in [0.05, 0.1) is 11.7 Å². The molecule has 5 aromatic rings. The number of fused-ring (bicyclic) bond motifs is 1. The molecule has 3 aromatic heterocycles. The Morgan fingerprint density at radius 1 is 0.967 bits per heavy atom. The third kappa shape index (κ3) is 3.48. The number of hydrogen-bond acceptors (Lipinski definition) is 6. The van der Waals surface area contributed by atoms with Gasteiger partial charge in [-0.2, -0.15) is 5.21 Å². The van der Waals surface area contributed by atoms with Crippen molar-refractivity contribution in [2.45, 2.75) is 13.5 Å². The van der Waals surface area contributed by atoms with Gasteiger partial charge in [0.25, 0.3) is 0 Å². The Morgan fingerprint density at radius 3 is 2.60 bits per heavy atom. The lowest BCUT2D eigenvalue weighted by Crippen LogP contribution is -2.01. The van der Waals surface area contributed by atoms with Gasteiger partial charge in [0.1, 0.15) is 0 Å². The van der Waals surface area contributed by atoms with E-state index in [1.165, 1.54) is 5.56 Å². The van der Waals surface area contributed by atoms with Crippen LogP contribution in [0, 0.1) is 6.92 Å². The number of aryl methyl sites for hydroxylation is 1. The Balaban J connectivity index is 1.39. The molecule has 0 fully saturated rings. The highest BCUT2D eigenvalue weighted by Crippen LogP contribution is 2.30. The van der Waals surface area contributed by atoms with Crippen molar-refractivity contribution in [2.75, 3.05) is 5.32 Å². The highest BCUT2D eigenvalue weighted by atomic mass is 15.5.